The Morgan fingerprint density at radius 1 is 0.565 bits per heavy atom. The van der Waals surface area contributed by atoms with Crippen molar-refractivity contribution in [1.29, 1.82) is 0 Å². The van der Waals surface area contributed by atoms with Crippen LogP contribution in [0.4, 0.5) is 0 Å². The topological polar surface area (TPSA) is 632 Å². The molecule has 6 saturated heterocycles. The Morgan fingerprint density at radius 3 is 1.12 bits per heavy atom. The summed E-state index contributed by atoms with van der Waals surface area (Å²) in [6.45, 7) is -1.32. The van der Waals surface area contributed by atoms with Gasteiger partial charge in [0.05, 0.1) is 57.5 Å². The molecule has 21 atom stereocenters. The number of rotatable bonds is 20. The number of nitrogens with two attached hydrogens (primary N) is 1. The molecule has 6 aliphatic rings. The molecule has 12 radical (unpaired) electrons. The van der Waals surface area contributed by atoms with Crippen molar-refractivity contribution in [3.05, 3.63) is 19.8 Å². The molecule has 0 bridgehead atoms. The van der Waals surface area contributed by atoms with Gasteiger partial charge in [0.15, 0.2) is 7.75 Å². The SMILES string of the molecule is COP(=O)(O)OCC(COP(=O)(O)OC)OP(=O)(O)OC.CP(=O)(O)O.NP(=O)([O-])O.O=P([O-])(O)O.[B]C1CC(CC2C([B])OC(CO)C2CC2CC([B])OC2CO)C(CO)O1.[B]C1C[CH-]C(CO)O1.[B]C1C[CH-]C(CO)O1.[B]C1OC([CH2-])CC1O.[O-]P(O)(O)=S.[Y+3]. The Kier molecular flexibility index (Phi) is 54.4. The van der Waals surface area contributed by atoms with Gasteiger partial charge in [-0.15, -0.1) is 0 Å². The predicted octanol–water partition coefficient (Wildman–Crippen LogP) is -7.10. The first-order valence-electron chi connectivity index (χ1n) is 26.0. The maximum absolute atomic E-state index is 11.3. The van der Waals surface area contributed by atoms with E-state index in [1.165, 1.54) is 0 Å². The quantitative estimate of drug-likeness (QED) is 0.0306. The molecule has 0 aromatic carbocycles. The van der Waals surface area contributed by atoms with E-state index in [4.69, 9.17) is 164 Å². The Hall–Kier alpha value is 2.24. The van der Waals surface area contributed by atoms with E-state index in [0.29, 0.717) is 32.1 Å². The van der Waals surface area contributed by atoms with Gasteiger partial charge in [-0.3, -0.25) is 59.2 Å². The van der Waals surface area contributed by atoms with Gasteiger partial charge in [0.1, 0.15) is 59.9 Å². The first kappa shape index (κ1) is 101. The summed E-state index contributed by atoms with van der Waals surface area (Å²) < 4.78 is 118. The van der Waals surface area contributed by atoms with Gasteiger partial charge in [0.25, 0.3) is 7.82 Å². The Bertz CT molecular complexity index is 2130. The van der Waals surface area contributed by atoms with Crippen LogP contribution in [0.15, 0.2) is 0 Å². The maximum Gasteiger partial charge on any atom is 3.00 e. The van der Waals surface area contributed by atoms with Crippen molar-refractivity contribution >= 4 is 112 Å². The zero-order chi connectivity index (χ0) is 71.7. The molecule has 0 amide bonds. The molecule has 0 aromatic heterocycles. The molecular weight excluding hydrogens is 1480 g/mol. The van der Waals surface area contributed by atoms with Crippen molar-refractivity contribution in [3.63, 3.8) is 0 Å². The van der Waals surface area contributed by atoms with Crippen LogP contribution in [0.3, 0.4) is 0 Å². The second-order valence-electron chi connectivity index (χ2n) is 19.3. The summed E-state index contributed by atoms with van der Waals surface area (Å²) in [6.07, 6.45) is 5.27. The number of phosphoric ester groups is 3. The van der Waals surface area contributed by atoms with E-state index in [9.17, 15) is 33.6 Å². The first-order chi connectivity index (χ1) is 41.3. The molecule has 21 unspecified atom stereocenters. The number of hydrogen-bond acceptors (Lipinski definition) is 28. The van der Waals surface area contributed by atoms with E-state index in [1.807, 2.05) is 12.8 Å². The Balaban J connectivity index is -0.000000517. The first-order valence-corrected chi connectivity index (χ1v) is 38.3. The number of aliphatic hydroxyl groups excluding tert-OH is 6. The van der Waals surface area contributed by atoms with Gasteiger partial charge in [0, 0.05) is 65.2 Å². The van der Waals surface area contributed by atoms with Gasteiger partial charge < -0.3 is 130 Å². The molecule has 6 rings (SSSR count). The fourth-order valence-corrected chi connectivity index (χ4v) is 9.55. The third-order valence-electron chi connectivity index (χ3n) is 11.7. The second kappa shape index (κ2) is 49.8. The zero-order valence-corrected chi connectivity index (χ0v) is 60.0. The van der Waals surface area contributed by atoms with E-state index in [-0.39, 0.29) is 150 Å². The molecule has 0 aromatic rings. The summed E-state index contributed by atoms with van der Waals surface area (Å²) >= 11 is 3.49. The van der Waals surface area contributed by atoms with Crippen LogP contribution in [0, 0.1) is 43.4 Å². The van der Waals surface area contributed by atoms with Crippen LogP contribution in [0.25, 0.3) is 0 Å². The van der Waals surface area contributed by atoms with E-state index < -0.39 is 90.8 Å². The second-order valence-corrected chi connectivity index (χ2v) is 30.1. The van der Waals surface area contributed by atoms with Gasteiger partial charge in [-0.25, -0.2) is 13.7 Å². The van der Waals surface area contributed by atoms with E-state index >= 15 is 0 Å². The minimum Gasteiger partial charge on any atom is -0.780 e. The van der Waals surface area contributed by atoms with Gasteiger partial charge >= 0.3 is 63.8 Å². The van der Waals surface area contributed by atoms with E-state index in [1.54, 1.807) is 0 Å². The average Bonchev–Trinajstić information content (AvgIpc) is 1.70. The molecule has 38 nitrogen and oxygen atoms in total. The Morgan fingerprint density at radius 2 is 0.891 bits per heavy atom. The van der Waals surface area contributed by atoms with Gasteiger partial charge in [-0.05, 0) is 80.0 Å². The Labute approximate surface area is 571 Å². The smallest absolute Gasteiger partial charge is 0.780 e. The molecule has 0 spiro atoms. The van der Waals surface area contributed by atoms with Crippen LogP contribution < -0.4 is 20.2 Å². The third-order valence-corrected chi connectivity index (χ3v) is 14.6. The monoisotopic (exact) mass is 1560 g/mol. The summed E-state index contributed by atoms with van der Waals surface area (Å²) in [4.78, 5) is 106. The van der Waals surface area contributed by atoms with Crippen LogP contribution in [0.2, 0.25) is 0 Å². The summed E-state index contributed by atoms with van der Waals surface area (Å²) in [6, 6.07) is -2.13. The molecule has 6 aliphatic heterocycles. The van der Waals surface area contributed by atoms with Crippen molar-refractivity contribution in [1.82, 2.24) is 0 Å². The number of hydrogen-bond donors (Lipinski definition) is 17. The van der Waals surface area contributed by atoms with Crippen molar-refractivity contribution in [2.45, 2.75) is 130 Å². The molecule has 53 heteroatoms. The molecule has 0 saturated carbocycles. The van der Waals surface area contributed by atoms with Crippen molar-refractivity contribution in [2.24, 2.45) is 29.2 Å². The minimum absolute atomic E-state index is 0. The molecule has 18 N–H and O–H groups in total. The molecule has 92 heavy (non-hydrogen) atoms. The van der Waals surface area contributed by atoms with Gasteiger partial charge in [-0.1, -0.05) is 17.9 Å². The van der Waals surface area contributed by atoms with E-state index in [0.717, 1.165) is 40.8 Å². The molecular formula is C39H80B6NO37P7SY-3. The summed E-state index contributed by atoms with van der Waals surface area (Å²) in [5.74, 6) is 0.238. The predicted molar refractivity (Wildman–Crippen MR) is 318 cm³/mol. The fraction of sp³-hybridized carbons (Fsp3) is 0.923. The minimum atomic E-state index is -4.89. The molecule has 528 valence electrons. The normalized spacial score (nSPS) is 32.7. The van der Waals surface area contributed by atoms with Crippen molar-refractivity contribution < 1.29 is 210 Å². The average molecular weight is 1560 g/mol. The van der Waals surface area contributed by atoms with Crippen molar-refractivity contribution in [3.8, 4) is 0 Å². The van der Waals surface area contributed by atoms with Crippen LogP contribution in [-0.2, 0) is 127 Å². The third kappa shape index (κ3) is 56.8. The van der Waals surface area contributed by atoms with E-state index in [2.05, 4.69) is 51.4 Å². The van der Waals surface area contributed by atoms with Crippen LogP contribution >= 0.6 is 53.4 Å². The maximum atomic E-state index is 11.3. The molecule has 0 aliphatic carbocycles. The zero-order valence-electron chi connectivity index (χ0n) is 50.0. The number of ether oxygens (including phenoxy) is 6. The van der Waals surface area contributed by atoms with Gasteiger partial charge in [-0.2, -0.15) is 12.8 Å². The molecule has 6 fully saturated rings. The van der Waals surface area contributed by atoms with Crippen molar-refractivity contribution in [2.75, 3.05) is 74.2 Å². The van der Waals surface area contributed by atoms with Crippen LogP contribution in [-0.4, -0.2) is 286 Å². The summed E-state index contributed by atoms with van der Waals surface area (Å²) in [7, 11) is 10.4. The number of phosphoric acid groups is 4. The summed E-state index contributed by atoms with van der Waals surface area (Å²) in [5.41, 5.74) is 3.91. The summed E-state index contributed by atoms with van der Waals surface area (Å²) in [5, 5.41) is 54.7. The van der Waals surface area contributed by atoms with Crippen LogP contribution in [0.1, 0.15) is 44.9 Å². The number of aliphatic hydroxyl groups is 6. The fourth-order valence-electron chi connectivity index (χ4n) is 8.05. The molecule has 6 heterocycles. The van der Waals surface area contributed by atoms with Crippen LogP contribution in [0.5, 0.6) is 0 Å². The van der Waals surface area contributed by atoms with Gasteiger partial charge in [0.2, 0.25) is 0 Å². The largest absolute Gasteiger partial charge is 3.00 e. The standard InChI is InChI=1S/C17H27B3O6.C6H17O12P3.3C5H8BO2.CH5O3P.H4NO3P.H3O4P.H3O3PS.Y/c18-15-3-8(12(5-21)24-15)1-10-11(17(20)26-14(10)7-23)2-9-4-16(19)25-13(9)6-22;1-13-19(7,8)16-4-6(18-21(11,12)15-3)5-17-20(9,10)14-2;1-3-2-4(7)5(6)8-3;2*6-5-2-1-4(3-7)8-5;3*1-5(2,3)4;1-4(2,3)5;/h8-17,21-23H,1-7H2;6H,4-5H2,1-3H3,(H,7,8)(H,9,10)(H,11,12);3-5,7H,1-2H2;2*1,4-5,7H,2-3H2;1H3,(H2,2,3,4);(H4,1,2,3,4);(H3,1,2,3,4);(H3,1,2,3,5);/q;;3*-1;;;;;+3/p-3.